The van der Waals surface area contributed by atoms with Gasteiger partial charge in [-0.15, -0.1) is 11.3 Å². The Morgan fingerprint density at radius 1 is 1.39 bits per heavy atom. The molecule has 1 aromatic heterocycles. The van der Waals surface area contributed by atoms with E-state index in [4.69, 9.17) is 5.11 Å². The van der Waals surface area contributed by atoms with Crippen LogP contribution in [-0.4, -0.2) is 23.5 Å². The third-order valence-corrected chi connectivity index (χ3v) is 5.18. The number of carbonyl (C=O) groups excluding carboxylic acids is 1. The largest absolute Gasteiger partial charge is 0.481 e. The minimum Gasteiger partial charge on any atom is -0.481 e. The van der Waals surface area contributed by atoms with Gasteiger partial charge >= 0.3 is 5.97 Å². The molecule has 2 N–H and O–H groups in total. The van der Waals surface area contributed by atoms with Crippen LogP contribution in [0.1, 0.15) is 17.7 Å². The van der Waals surface area contributed by atoms with E-state index in [1.807, 2.05) is 0 Å². The number of carboxylic acids is 1. The first-order valence-electron chi connectivity index (χ1n) is 5.82. The fourth-order valence-electron chi connectivity index (χ4n) is 2.04. The van der Waals surface area contributed by atoms with Crippen LogP contribution in [0.15, 0.2) is 12.1 Å². The molecule has 1 aliphatic carbocycles. The van der Waals surface area contributed by atoms with Crippen LogP contribution in [0.5, 0.6) is 0 Å². The van der Waals surface area contributed by atoms with Gasteiger partial charge in [0.05, 0.1) is 14.7 Å². The molecule has 2 atom stereocenters. The van der Waals surface area contributed by atoms with Crippen LogP contribution >= 0.6 is 33.9 Å². The van der Waals surface area contributed by atoms with E-state index in [1.54, 1.807) is 11.3 Å². The Balaban J connectivity index is 1.74. The summed E-state index contributed by atoms with van der Waals surface area (Å²) in [4.78, 5) is 23.8. The second kappa shape index (κ2) is 6.01. The lowest BCUT2D eigenvalue weighted by Gasteiger charge is -2.31. The monoisotopic (exact) mass is 379 g/mol. The van der Waals surface area contributed by atoms with E-state index in [0.29, 0.717) is 19.4 Å². The molecule has 0 spiro atoms. The summed E-state index contributed by atoms with van der Waals surface area (Å²) in [5, 5.41) is 11.7. The van der Waals surface area contributed by atoms with Gasteiger partial charge in [-0.3, -0.25) is 9.59 Å². The minimum atomic E-state index is -0.853. The number of carbonyl (C=O) groups is 2. The highest BCUT2D eigenvalue weighted by atomic mass is 127. The average molecular weight is 379 g/mol. The fraction of sp³-hybridized carbons (Fsp3) is 0.500. The Hall–Kier alpha value is -0.630. The van der Waals surface area contributed by atoms with Gasteiger partial charge in [-0.2, -0.15) is 0 Å². The van der Waals surface area contributed by atoms with Crippen molar-refractivity contribution >= 4 is 45.8 Å². The van der Waals surface area contributed by atoms with Crippen molar-refractivity contribution in [2.75, 3.05) is 6.54 Å². The number of amides is 1. The summed E-state index contributed by atoms with van der Waals surface area (Å²) < 4.78 is 1.24. The Kier molecular flexibility index (Phi) is 4.60. The molecule has 98 valence electrons. The van der Waals surface area contributed by atoms with E-state index in [-0.39, 0.29) is 11.8 Å². The maximum absolute atomic E-state index is 11.8. The highest BCUT2D eigenvalue weighted by Crippen LogP contribution is 2.34. The second-order valence-corrected chi connectivity index (χ2v) is 7.44. The van der Waals surface area contributed by atoms with Gasteiger partial charge in [0.2, 0.25) is 5.91 Å². The molecule has 0 aliphatic heterocycles. The second-order valence-electron chi connectivity index (χ2n) is 4.38. The van der Waals surface area contributed by atoms with Crippen LogP contribution < -0.4 is 5.32 Å². The first kappa shape index (κ1) is 13.8. The third-order valence-electron chi connectivity index (χ3n) is 3.23. The molecule has 1 fully saturated rings. The summed E-state index contributed by atoms with van der Waals surface area (Å²) in [7, 11) is 0. The summed E-state index contributed by atoms with van der Waals surface area (Å²) in [5.41, 5.74) is 0. The van der Waals surface area contributed by atoms with Gasteiger partial charge in [-0.05, 0) is 54.0 Å². The number of nitrogens with one attached hydrogen (secondary N) is 1. The number of rotatable bonds is 5. The van der Waals surface area contributed by atoms with E-state index in [9.17, 15) is 9.59 Å². The SMILES string of the molecule is O=C(O)C1CCC1C(=O)NCCc1ccc(I)s1. The lowest BCUT2D eigenvalue weighted by atomic mass is 9.73. The predicted molar refractivity (Wildman–Crippen MR) is 77.6 cm³/mol. The number of aliphatic carboxylic acids is 1. The first-order chi connectivity index (χ1) is 8.58. The van der Waals surface area contributed by atoms with E-state index < -0.39 is 11.9 Å². The molecule has 1 saturated carbocycles. The lowest BCUT2D eigenvalue weighted by molar-refractivity contribution is -0.152. The molecule has 2 unspecified atom stereocenters. The predicted octanol–water partition coefficient (Wildman–Crippen LogP) is 2.12. The van der Waals surface area contributed by atoms with Crippen molar-refractivity contribution < 1.29 is 14.7 Å². The molecule has 0 aromatic carbocycles. The number of hydrogen-bond acceptors (Lipinski definition) is 3. The highest BCUT2D eigenvalue weighted by molar-refractivity contribution is 14.1. The highest BCUT2D eigenvalue weighted by Gasteiger charge is 2.41. The van der Waals surface area contributed by atoms with Gasteiger partial charge in [-0.25, -0.2) is 0 Å². The molecule has 1 amide bonds. The molecule has 6 heteroatoms. The summed E-state index contributed by atoms with van der Waals surface area (Å²) >= 11 is 3.98. The van der Waals surface area contributed by atoms with Crippen molar-refractivity contribution in [2.24, 2.45) is 11.8 Å². The van der Waals surface area contributed by atoms with Gasteiger partial charge in [0.15, 0.2) is 0 Å². The zero-order valence-electron chi connectivity index (χ0n) is 9.69. The van der Waals surface area contributed by atoms with Crippen LogP contribution in [0, 0.1) is 14.7 Å². The Bertz CT molecular complexity index is 460. The molecule has 0 radical (unpaired) electrons. The van der Waals surface area contributed by atoms with Gasteiger partial charge in [0.1, 0.15) is 0 Å². The Morgan fingerprint density at radius 2 is 2.11 bits per heavy atom. The van der Waals surface area contributed by atoms with Crippen molar-refractivity contribution in [3.05, 3.63) is 19.9 Å². The van der Waals surface area contributed by atoms with Gasteiger partial charge in [0.25, 0.3) is 0 Å². The molecule has 0 bridgehead atoms. The number of hydrogen-bond donors (Lipinski definition) is 2. The molecule has 0 saturated heterocycles. The van der Waals surface area contributed by atoms with Crippen LogP contribution in [0.25, 0.3) is 0 Å². The number of thiophene rings is 1. The average Bonchev–Trinajstić information content (AvgIpc) is 2.61. The maximum Gasteiger partial charge on any atom is 0.307 e. The summed E-state index contributed by atoms with van der Waals surface area (Å²) in [6, 6.07) is 4.11. The van der Waals surface area contributed by atoms with Crippen molar-refractivity contribution in [1.82, 2.24) is 5.32 Å². The molecule has 18 heavy (non-hydrogen) atoms. The van der Waals surface area contributed by atoms with Crippen LogP contribution in [-0.2, 0) is 16.0 Å². The smallest absolute Gasteiger partial charge is 0.307 e. The van der Waals surface area contributed by atoms with E-state index in [2.05, 4.69) is 40.0 Å². The topological polar surface area (TPSA) is 66.4 Å². The fourth-order valence-corrected chi connectivity index (χ4v) is 3.79. The van der Waals surface area contributed by atoms with E-state index in [0.717, 1.165) is 6.42 Å². The summed E-state index contributed by atoms with van der Waals surface area (Å²) in [6.45, 7) is 0.582. The molecule has 1 aliphatic rings. The third kappa shape index (κ3) is 3.23. The van der Waals surface area contributed by atoms with Crippen LogP contribution in [0.4, 0.5) is 0 Å². The zero-order valence-corrected chi connectivity index (χ0v) is 12.7. The quantitative estimate of drug-likeness (QED) is 0.771. The van der Waals surface area contributed by atoms with Crippen LogP contribution in [0.2, 0.25) is 0 Å². The van der Waals surface area contributed by atoms with Crippen molar-refractivity contribution in [1.29, 1.82) is 0 Å². The van der Waals surface area contributed by atoms with Gasteiger partial charge in [-0.1, -0.05) is 0 Å². The van der Waals surface area contributed by atoms with Gasteiger partial charge < -0.3 is 10.4 Å². The molecule has 1 aromatic rings. The molecular weight excluding hydrogens is 365 g/mol. The lowest BCUT2D eigenvalue weighted by Crippen LogP contribution is -2.44. The summed E-state index contributed by atoms with van der Waals surface area (Å²) in [5.74, 6) is -1.77. The zero-order chi connectivity index (χ0) is 13.1. The van der Waals surface area contributed by atoms with Crippen LogP contribution in [0.3, 0.4) is 0 Å². The molecular formula is C12H14INO3S. The summed E-state index contributed by atoms with van der Waals surface area (Å²) in [6.07, 6.45) is 2.13. The standard InChI is InChI=1S/C12H14INO3S/c13-10-4-1-7(18-10)5-6-14-11(15)8-2-3-9(8)12(16)17/h1,4,8-9H,2-3,5-6H2,(H,14,15)(H,16,17). The normalized spacial score (nSPS) is 22.3. The maximum atomic E-state index is 11.8. The van der Waals surface area contributed by atoms with E-state index >= 15 is 0 Å². The van der Waals surface area contributed by atoms with Crippen molar-refractivity contribution in [3.63, 3.8) is 0 Å². The molecule has 2 rings (SSSR count). The number of halogens is 1. The Morgan fingerprint density at radius 3 is 2.61 bits per heavy atom. The minimum absolute atomic E-state index is 0.111. The van der Waals surface area contributed by atoms with E-state index in [1.165, 1.54) is 7.76 Å². The van der Waals surface area contributed by atoms with Gasteiger partial charge in [0, 0.05) is 11.4 Å². The first-order valence-corrected chi connectivity index (χ1v) is 7.72. The molecule has 4 nitrogen and oxygen atoms in total. The Labute approximate surface area is 123 Å². The van der Waals surface area contributed by atoms with Crippen molar-refractivity contribution in [3.8, 4) is 0 Å². The van der Waals surface area contributed by atoms with Crippen molar-refractivity contribution in [2.45, 2.75) is 19.3 Å². The molecule has 1 heterocycles. The number of carboxylic acid groups (broad SMARTS) is 1.